The van der Waals surface area contributed by atoms with E-state index in [2.05, 4.69) is 24.4 Å². The minimum atomic E-state index is -0.166. The molecule has 0 aliphatic carbocycles. The summed E-state index contributed by atoms with van der Waals surface area (Å²) in [4.78, 5) is 11.4. The number of hydrogen-bond donors (Lipinski definition) is 1. The van der Waals surface area contributed by atoms with E-state index in [0.29, 0.717) is 19.0 Å². The number of ether oxygens (including phenoxy) is 2. The molecular formula is C16H25NO3S. The summed E-state index contributed by atoms with van der Waals surface area (Å²) in [6.45, 7) is 6.97. The fourth-order valence-corrected chi connectivity index (χ4v) is 2.69. The van der Waals surface area contributed by atoms with Gasteiger partial charge in [0.1, 0.15) is 5.75 Å². The predicted octanol–water partition coefficient (Wildman–Crippen LogP) is 3.16. The van der Waals surface area contributed by atoms with Crippen molar-refractivity contribution in [1.82, 2.24) is 5.32 Å². The molecule has 1 aromatic rings. The molecule has 0 aromatic heterocycles. The zero-order valence-corrected chi connectivity index (χ0v) is 14.1. The molecule has 0 aliphatic heterocycles. The maximum atomic E-state index is 11.4. The molecule has 1 atom stereocenters. The smallest absolute Gasteiger partial charge is 0.315 e. The fraction of sp³-hybridized carbons (Fsp3) is 0.562. The lowest BCUT2D eigenvalue weighted by molar-refractivity contribution is -0.139. The van der Waals surface area contributed by atoms with Gasteiger partial charge >= 0.3 is 5.97 Å². The second-order valence-corrected chi connectivity index (χ2v) is 5.59. The lowest BCUT2D eigenvalue weighted by atomic mass is 10.1. The fourth-order valence-electron chi connectivity index (χ4n) is 1.89. The number of hydrogen-bond acceptors (Lipinski definition) is 5. The number of nitrogens with one attached hydrogen (secondary N) is 1. The van der Waals surface area contributed by atoms with Crippen LogP contribution in [0.1, 0.15) is 37.9 Å². The van der Waals surface area contributed by atoms with Crippen LogP contribution in [0.5, 0.6) is 5.75 Å². The maximum Gasteiger partial charge on any atom is 0.315 e. The molecule has 21 heavy (non-hydrogen) atoms. The highest BCUT2D eigenvalue weighted by Gasteiger charge is 2.10. The Morgan fingerprint density at radius 1 is 1.33 bits per heavy atom. The zero-order valence-electron chi connectivity index (χ0n) is 13.3. The predicted molar refractivity (Wildman–Crippen MR) is 87.9 cm³/mol. The molecule has 0 fully saturated rings. The van der Waals surface area contributed by atoms with Gasteiger partial charge in [0.15, 0.2) is 0 Å². The highest BCUT2D eigenvalue weighted by atomic mass is 32.2. The third-order valence-electron chi connectivity index (χ3n) is 3.10. The van der Waals surface area contributed by atoms with Crippen molar-refractivity contribution in [3.05, 3.63) is 29.3 Å². The van der Waals surface area contributed by atoms with Crippen molar-refractivity contribution in [2.24, 2.45) is 0 Å². The van der Waals surface area contributed by atoms with Gasteiger partial charge in [-0.1, -0.05) is 6.07 Å². The van der Waals surface area contributed by atoms with Crippen LogP contribution in [0.4, 0.5) is 0 Å². The molecule has 0 amide bonds. The summed E-state index contributed by atoms with van der Waals surface area (Å²) < 4.78 is 10.6. The minimum absolute atomic E-state index is 0.166. The number of thioether (sulfide) groups is 1. The summed E-state index contributed by atoms with van der Waals surface area (Å²) in [6, 6.07) is 6.51. The number of rotatable bonds is 9. The summed E-state index contributed by atoms with van der Waals surface area (Å²) in [6.07, 6.45) is 0. The van der Waals surface area contributed by atoms with Gasteiger partial charge in [0.05, 0.1) is 19.0 Å². The summed E-state index contributed by atoms with van der Waals surface area (Å²) in [7, 11) is 1.94. The third kappa shape index (κ3) is 5.98. The van der Waals surface area contributed by atoms with Crippen LogP contribution in [0.2, 0.25) is 0 Å². The van der Waals surface area contributed by atoms with Crippen LogP contribution in [0.15, 0.2) is 18.2 Å². The number of carbonyl (C=O) groups excluding carboxylic acids is 1. The first-order valence-electron chi connectivity index (χ1n) is 7.28. The van der Waals surface area contributed by atoms with Crippen molar-refractivity contribution in [2.45, 2.75) is 32.6 Å². The Morgan fingerprint density at radius 3 is 2.71 bits per heavy atom. The van der Waals surface area contributed by atoms with Crippen LogP contribution in [0.25, 0.3) is 0 Å². The van der Waals surface area contributed by atoms with Gasteiger partial charge in [0.2, 0.25) is 0 Å². The van der Waals surface area contributed by atoms with Crippen molar-refractivity contribution < 1.29 is 14.3 Å². The molecule has 0 bridgehead atoms. The van der Waals surface area contributed by atoms with E-state index in [-0.39, 0.29) is 12.0 Å². The number of benzene rings is 1. The molecule has 5 heteroatoms. The Labute approximate surface area is 131 Å². The molecule has 1 rings (SSSR count). The molecule has 118 valence electrons. The molecule has 0 aliphatic rings. The molecule has 1 unspecified atom stereocenters. The van der Waals surface area contributed by atoms with E-state index in [0.717, 1.165) is 17.1 Å². The van der Waals surface area contributed by atoms with E-state index in [1.807, 2.05) is 27.0 Å². The van der Waals surface area contributed by atoms with Gasteiger partial charge in [-0.15, -0.1) is 11.8 Å². The van der Waals surface area contributed by atoms with E-state index in [1.165, 1.54) is 5.56 Å². The van der Waals surface area contributed by atoms with Gasteiger partial charge in [-0.2, -0.15) is 0 Å². The van der Waals surface area contributed by atoms with Crippen LogP contribution in [-0.2, 0) is 15.3 Å². The van der Waals surface area contributed by atoms with Crippen molar-refractivity contribution >= 4 is 17.7 Å². The molecule has 0 heterocycles. The van der Waals surface area contributed by atoms with Crippen molar-refractivity contribution in [3.63, 3.8) is 0 Å². The number of carbonyl (C=O) groups is 1. The Bertz CT molecular complexity index is 451. The maximum absolute atomic E-state index is 11.4. The van der Waals surface area contributed by atoms with Gasteiger partial charge in [-0.3, -0.25) is 4.79 Å². The Balaban J connectivity index is 2.73. The first kappa shape index (κ1) is 17.9. The zero-order chi connectivity index (χ0) is 15.7. The van der Waals surface area contributed by atoms with Crippen LogP contribution >= 0.6 is 11.8 Å². The van der Waals surface area contributed by atoms with Gasteiger partial charge < -0.3 is 14.8 Å². The molecule has 0 radical (unpaired) electrons. The Kier molecular flexibility index (Phi) is 8.23. The second-order valence-electron chi connectivity index (χ2n) is 4.61. The molecule has 4 nitrogen and oxygen atoms in total. The second kappa shape index (κ2) is 9.68. The van der Waals surface area contributed by atoms with E-state index in [4.69, 9.17) is 9.47 Å². The Morgan fingerprint density at radius 2 is 2.10 bits per heavy atom. The summed E-state index contributed by atoms with van der Waals surface area (Å²) >= 11 is 1.55. The molecule has 1 aromatic carbocycles. The molecule has 1 N–H and O–H groups in total. The van der Waals surface area contributed by atoms with Crippen LogP contribution in [0, 0.1) is 0 Å². The lowest BCUT2D eigenvalue weighted by Gasteiger charge is -2.15. The molecular weight excluding hydrogens is 286 g/mol. The average Bonchev–Trinajstić information content (AvgIpc) is 2.48. The van der Waals surface area contributed by atoms with Gasteiger partial charge in [0, 0.05) is 17.4 Å². The average molecular weight is 311 g/mol. The van der Waals surface area contributed by atoms with E-state index in [9.17, 15) is 4.79 Å². The monoisotopic (exact) mass is 311 g/mol. The standard InChI is InChI=1S/C16H25NO3S/c1-5-19-15-8-7-13(12(3)17-4)9-14(15)10-21-11-16(18)20-6-2/h7-9,12,17H,5-6,10-11H2,1-4H3. The lowest BCUT2D eigenvalue weighted by Crippen LogP contribution is -2.12. The molecule has 0 spiro atoms. The third-order valence-corrected chi connectivity index (χ3v) is 4.06. The quantitative estimate of drug-likeness (QED) is 0.710. The summed E-state index contributed by atoms with van der Waals surface area (Å²) in [5, 5.41) is 3.23. The number of esters is 1. The van der Waals surface area contributed by atoms with Crippen molar-refractivity contribution in [3.8, 4) is 5.75 Å². The highest BCUT2D eigenvalue weighted by molar-refractivity contribution is 7.99. The van der Waals surface area contributed by atoms with Gasteiger partial charge in [-0.25, -0.2) is 0 Å². The van der Waals surface area contributed by atoms with E-state index in [1.54, 1.807) is 11.8 Å². The minimum Gasteiger partial charge on any atom is -0.494 e. The van der Waals surface area contributed by atoms with Crippen molar-refractivity contribution in [2.75, 3.05) is 26.0 Å². The first-order valence-corrected chi connectivity index (χ1v) is 8.44. The molecule has 0 saturated carbocycles. The molecule has 0 saturated heterocycles. The van der Waals surface area contributed by atoms with Gasteiger partial charge in [-0.05, 0) is 45.5 Å². The van der Waals surface area contributed by atoms with Crippen LogP contribution in [-0.4, -0.2) is 32.0 Å². The largest absolute Gasteiger partial charge is 0.494 e. The van der Waals surface area contributed by atoms with Gasteiger partial charge in [0.25, 0.3) is 0 Å². The van der Waals surface area contributed by atoms with Crippen LogP contribution in [0.3, 0.4) is 0 Å². The van der Waals surface area contributed by atoms with Crippen molar-refractivity contribution in [1.29, 1.82) is 0 Å². The normalized spacial score (nSPS) is 12.0. The first-order chi connectivity index (χ1) is 10.1. The van der Waals surface area contributed by atoms with E-state index >= 15 is 0 Å². The summed E-state index contributed by atoms with van der Waals surface area (Å²) in [5.41, 5.74) is 2.33. The van der Waals surface area contributed by atoms with Crippen LogP contribution < -0.4 is 10.1 Å². The van der Waals surface area contributed by atoms with E-state index < -0.39 is 0 Å². The highest BCUT2D eigenvalue weighted by Crippen LogP contribution is 2.27. The SMILES string of the molecule is CCOC(=O)CSCc1cc(C(C)NC)ccc1OCC. The summed E-state index contributed by atoms with van der Waals surface area (Å²) in [5.74, 6) is 1.82. The Hall–Kier alpha value is -1.20. The topological polar surface area (TPSA) is 47.6 Å².